The molecular weight excluding hydrogens is 170 g/mol. The highest BCUT2D eigenvalue weighted by molar-refractivity contribution is 5.69. The van der Waals surface area contributed by atoms with E-state index in [9.17, 15) is 4.79 Å². The molecule has 0 bridgehead atoms. The maximum absolute atomic E-state index is 11.0. The molecule has 5 heteroatoms. The van der Waals surface area contributed by atoms with Crippen molar-refractivity contribution in [2.75, 3.05) is 6.61 Å². The van der Waals surface area contributed by atoms with Gasteiger partial charge in [-0.3, -0.25) is 10.2 Å². The molecule has 5 nitrogen and oxygen atoms in total. The van der Waals surface area contributed by atoms with Gasteiger partial charge >= 0.3 is 5.97 Å². The Morgan fingerprint density at radius 3 is 3.15 bits per heavy atom. The lowest BCUT2D eigenvalue weighted by Gasteiger charge is -2.04. The summed E-state index contributed by atoms with van der Waals surface area (Å²) in [6, 6.07) is 1.66. The van der Waals surface area contributed by atoms with Crippen LogP contribution in [-0.2, 0) is 16.1 Å². The Bertz CT molecular complexity index is 345. The van der Waals surface area contributed by atoms with E-state index in [1.165, 1.54) is 10.8 Å². The number of hydrogen-bond donors (Lipinski definition) is 1. The van der Waals surface area contributed by atoms with E-state index in [4.69, 9.17) is 10.1 Å². The average Bonchev–Trinajstić information content (AvgIpc) is 2.09. The number of hydrogen-bond acceptors (Lipinski definition) is 4. The van der Waals surface area contributed by atoms with Crippen molar-refractivity contribution in [1.29, 1.82) is 5.41 Å². The summed E-state index contributed by atoms with van der Waals surface area (Å²) >= 11 is 0. The molecular formula is C8H11N3O2. The van der Waals surface area contributed by atoms with E-state index >= 15 is 0 Å². The normalized spacial score (nSPS) is 9.62. The fourth-order valence-corrected chi connectivity index (χ4v) is 0.874. The largest absolute Gasteiger partial charge is 0.465 e. The highest BCUT2D eigenvalue weighted by Crippen LogP contribution is 1.83. The van der Waals surface area contributed by atoms with Crippen molar-refractivity contribution in [3.05, 3.63) is 24.1 Å². The Kier molecular flexibility index (Phi) is 3.19. The van der Waals surface area contributed by atoms with Crippen molar-refractivity contribution in [3.63, 3.8) is 0 Å². The van der Waals surface area contributed by atoms with Crippen LogP contribution in [0.4, 0.5) is 0 Å². The van der Waals surface area contributed by atoms with Gasteiger partial charge < -0.3 is 9.30 Å². The van der Waals surface area contributed by atoms with Gasteiger partial charge in [-0.15, -0.1) is 0 Å². The fraction of sp³-hybridized carbons (Fsp3) is 0.375. The van der Waals surface area contributed by atoms with E-state index in [-0.39, 0.29) is 18.1 Å². The number of nitrogens with one attached hydrogen (secondary N) is 1. The zero-order chi connectivity index (χ0) is 9.68. The van der Waals surface area contributed by atoms with Crippen LogP contribution in [0.5, 0.6) is 0 Å². The molecule has 0 spiro atoms. The molecule has 1 heterocycles. The highest BCUT2D eigenvalue weighted by Gasteiger charge is 2.02. The molecule has 1 N–H and O–H groups in total. The molecule has 0 unspecified atom stereocenters. The van der Waals surface area contributed by atoms with Crippen LogP contribution in [0, 0.1) is 5.41 Å². The van der Waals surface area contributed by atoms with Gasteiger partial charge in [0.05, 0.1) is 6.61 Å². The Morgan fingerprint density at radius 1 is 1.77 bits per heavy atom. The summed E-state index contributed by atoms with van der Waals surface area (Å²) in [4.78, 5) is 14.7. The summed E-state index contributed by atoms with van der Waals surface area (Å²) in [5, 5.41) is 7.34. The van der Waals surface area contributed by atoms with E-state index in [0.29, 0.717) is 6.61 Å². The monoisotopic (exact) mass is 181 g/mol. The summed E-state index contributed by atoms with van der Waals surface area (Å²) < 4.78 is 6.14. The number of esters is 1. The first-order valence-corrected chi connectivity index (χ1v) is 3.95. The molecule has 0 amide bonds. The Hall–Kier alpha value is -1.65. The minimum absolute atomic E-state index is 0.0422. The maximum atomic E-state index is 11.0. The van der Waals surface area contributed by atoms with Crippen LogP contribution < -0.4 is 5.62 Å². The van der Waals surface area contributed by atoms with Crippen LogP contribution in [0.1, 0.15) is 6.92 Å². The minimum atomic E-state index is -0.353. The van der Waals surface area contributed by atoms with Gasteiger partial charge in [0.2, 0.25) is 5.62 Å². The van der Waals surface area contributed by atoms with Crippen molar-refractivity contribution in [2.45, 2.75) is 13.5 Å². The van der Waals surface area contributed by atoms with E-state index in [0.717, 1.165) is 0 Å². The number of nitrogens with zero attached hydrogens (tertiary/aromatic N) is 2. The van der Waals surface area contributed by atoms with E-state index < -0.39 is 0 Å². The minimum Gasteiger partial charge on any atom is -0.465 e. The van der Waals surface area contributed by atoms with Crippen LogP contribution >= 0.6 is 0 Å². The third-order valence-corrected chi connectivity index (χ3v) is 1.43. The summed E-state index contributed by atoms with van der Waals surface area (Å²) in [6.45, 7) is 2.14. The lowest BCUT2D eigenvalue weighted by Crippen LogP contribution is -2.26. The second kappa shape index (κ2) is 4.39. The molecule has 1 aromatic heterocycles. The van der Waals surface area contributed by atoms with Gasteiger partial charge in [0, 0.05) is 12.4 Å². The van der Waals surface area contributed by atoms with E-state index in [2.05, 4.69) is 4.98 Å². The predicted octanol–water partition coefficient (Wildman–Crippen LogP) is -0.0743. The quantitative estimate of drug-likeness (QED) is 0.663. The van der Waals surface area contributed by atoms with E-state index in [1.54, 1.807) is 19.2 Å². The Labute approximate surface area is 75.5 Å². The molecule has 1 aromatic rings. The molecule has 0 radical (unpaired) electrons. The average molecular weight is 181 g/mol. The molecule has 70 valence electrons. The summed E-state index contributed by atoms with van der Waals surface area (Å²) in [7, 11) is 0. The number of carbonyl (C=O) groups is 1. The van der Waals surface area contributed by atoms with Crippen molar-refractivity contribution >= 4 is 5.97 Å². The third kappa shape index (κ3) is 2.70. The van der Waals surface area contributed by atoms with Gasteiger partial charge in [-0.1, -0.05) is 0 Å². The molecule has 0 saturated heterocycles. The van der Waals surface area contributed by atoms with Crippen molar-refractivity contribution in [3.8, 4) is 0 Å². The molecule has 0 fully saturated rings. The third-order valence-electron chi connectivity index (χ3n) is 1.43. The molecule has 0 saturated carbocycles. The second-order valence-corrected chi connectivity index (χ2v) is 2.38. The number of carbonyl (C=O) groups excluding carboxylic acids is 1. The first-order chi connectivity index (χ1) is 6.24. The SMILES string of the molecule is CCOC(=O)Cn1cccnc1=N. The van der Waals surface area contributed by atoms with Crippen molar-refractivity contribution < 1.29 is 9.53 Å². The first kappa shape index (κ1) is 9.44. The molecule has 0 atom stereocenters. The molecule has 13 heavy (non-hydrogen) atoms. The number of ether oxygens (including phenoxy) is 1. The van der Waals surface area contributed by atoms with Gasteiger partial charge in [0.1, 0.15) is 6.54 Å². The van der Waals surface area contributed by atoms with Gasteiger partial charge in [0.25, 0.3) is 0 Å². The van der Waals surface area contributed by atoms with Crippen LogP contribution in [-0.4, -0.2) is 22.1 Å². The Morgan fingerprint density at radius 2 is 2.54 bits per heavy atom. The Balaban J connectivity index is 2.69. The lowest BCUT2D eigenvalue weighted by atomic mass is 10.6. The van der Waals surface area contributed by atoms with Crippen molar-refractivity contribution in [2.24, 2.45) is 0 Å². The zero-order valence-corrected chi connectivity index (χ0v) is 7.36. The maximum Gasteiger partial charge on any atom is 0.326 e. The predicted molar refractivity (Wildman–Crippen MR) is 44.7 cm³/mol. The number of rotatable bonds is 3. The van der Waals surface area contributed by atoms with E-state index in [1.807, 2.05) is 0 Å². The van der Waals surface area contributed by atoms with Crippen molar-refractivity contribution in [1.82, 2.24) is 9.55 Å². The molecule has 0 aliphatic carbocycles. The van der Waals surface area contributed by atoms with Gasteiger partial charge in [0.15, 0.2) is 0 Å². The standard InChI is InChI=1S/C8H11N3O2/c1-2-13-7(12)6-11-5-3-4-10-8(11)9/h3-5,9H,2,6H2,1H3. The summed E-state index contributed by atoms with van der Waals surface area (Å²) in [5.74, 6) is -0.353. The smallest absolute Gasteiger partial charge is 0.326 e. The first-order valence-electron chi connectivity index (χ1n) is 3.95. The lowest BCUT2D eigenvalue weighted by molar-refractivity contribution is -0.143. The highest BCUT2D eigenvalue weighted by atomic mass is 16.5. The molecule has 0 aliphatic heterocycles. The topological polar surface area (TPSA) is 68.0 Å². The summed E-state index contributed by atoms with van der Waals surface area (Å²) in [5.41, 5.74) is 0.0514. The summed E-state index contributed by atoms with van der Waals surface area (Å²) in [6.07, 6.45) is 3.12. The zero-order valence-electron chi connectivity index (χ0n) is 7.36. The van der Waals surface area contributed by atoms with Gasteiger partial charge in [-0.25, -0.2) is 4.98 Å². The number of aromatic nitrogens is 2. The molecule has 1 rings (SSSR count). The van der Waals surface area contributed by atoms with Crippen LogP contribution in [0.3, 0.4) is 0 Å². The second-order valence-electron chi connectivity index (χ2n) is 2.38. The fourth-order valence-electron chi connectivity index (χ4n) is 0.874. The van der Waals surface area contributed by atoms with Gasteiger partial charge in [-0.05, 0) is 13.0 Å². The molecule has 0 aliphatic rings. The van der Waals surface area contributed by atoms with Crippen LogP contribution in [0.15, 0.2) is 18.5 Å². The van der Waals surface area contributed by atoms with Crippen LogP contribution in [0.2, 0.25) is 0 Å². The molecule has 0 aromatic carbocycles. The van der Waals surface area contributed by atoms with Crippen LogP contribution in [0.25, 0.3) is 0 Å². The van der Waals surface area contributed by atoms with Gasteiger partial charge in [-0.2, -0.15) is 0 Å².